The van der Waals surface area contributed by atoms with E-state index >= 15 is 0 Å². The zero-order valence-electron chi connectivity index (χ0n) is 9.44. The van der Waals surface area contributed by atoms with Gasteiger partial charge in [0.05, 0.1) is 12.4 Å². The Bertz CT molecular complexity index is 515. The van der Waals surface area contributed by atoms with Crippen LogP contribution in [0.25, 0.3) is 0 Å². The molecule has 0 aromatic carbocycles. The SMILES string of the molecule is CNc1ncc(Cl)c(Oc2ccc(C)nc2)n1. The van der Waals surface area contributed by atoms with E-state index in [1.54, 1.807) is 19.3 Å². The summed E-state index contributed by atoms with van der Waals surface area (Å²) in [4.78, 5) is 12.2. The highest BCUT2D eigenvalue weighted by Gasteiger charge is 2.07. The number of aryl methyl sites for hydroxylation is 1. The van der Waals surface area contributed by atoms with Crippen LogP contribution in [-0.4, -0.2) is 22.0 Å². The van der Waals surface area contributed by atoms with Gasteiger partial charge in [-0.25, -0.2) is 4.98 Å². The van der Waals surface area contributed by atoms with E-state index < -0.39 is 0 Å². The second-order valence-electron chi connectivity index (χ2n) is 3.33. The van der Waals surface area contributed by atoms with E-state index in [0.717, 1.165) is 5.69 Å². The topological polar surface area (TPSA) is 59.9 Å². The highest BCUT2D eigenvalue weighted by atomic mass is 35.5. The molecule has 0 fully saturated rings. The van der Waals surface area contributed by atoms with Gasteiger partial charge < -0.3 is 10.1 Å². The molecule has 0 atom stereocenters. The summed E-state index contributed by atoms with van der Waals surface area (Å²) in [6.45, 7) is 1.90. The number of ether oxygens (including phenoxy) is 1. The van der Waals surface area contributed by atoms with Gasteiger partial charge in [0.25, 0.3) is 0 Å². The van der Waals surface area contributed by atoms with Crippen molar-refractivity contribution in [3.63, 3.8) is 0 Å². The molecular formula is C11H11ClN4O. The lowest BCUT2D eigenvalue weighted by Crippen LogP contribution is -1.98. The number of nitrogens with zero attached hydrogens (tertiary/aromatic N) is 3. The second kappa shape index (κ2) is 4.97. The van der Waals surface area contributed by atoms with Crippen molar-refractivity contribution in [2.24, 2.45) is 0 Å². The number of aromatic nitrogens is 3. The number of hydrogen-bond donors (Lipinski definition) is 1. The Morgan fingerprint density at radius 3 is 2.71 bits per heavy atom. The van der Waals surface area contributed by atoms with Gasteiger partial charge in [0.15, 0.2) is 0 Å². The Hall–Kier alpha value is -1.88. The fourth-order valence-corrected chi connectivity index (χ4v) is 1.30. The summed E-state index contributed by atoms with van der Waals surface area (Å²) in [6.07, 6.45) is 3.10. The van der Waals surface area contributed by atoms with E-state index in [1.165, 1.54) is 6.20 Å². The third-order valence-electron chi connectivity index (χ3n) is 2.03. The van der Waals surface area contributed by atoms with Crippen molar-refractivity contribution in [2.45, 2.75) is 6.92 Å². The number of nitrogens with one attached hydrogen (secondary N) is 1. The second-order valence-corrected chi connectivity index (χ2v) is 3.74. The van der Waals surface area contributed by atoms with Gasteiger partial charge in [-0.05, 0) is 19.1 Å². The molecule has 0 saturated carbocycles. The van der Waals surface area contributed by atoms with Gasteiger partial charge in [0, 0.05) is 12.7 Å². The zero-order valence-corrected chi connectivity index (χ0v) is 10.2. The fraction of sp³-hybridized carbons (Fsp3) is 0.182. The van der Waals surface area contributed by atoms with E-state index in [-0.39, 0.29) is 0 Å². The first-order valence-electron chi connectivity index (χ1n) is 5.00. The summed E-state index contributed by atoms with van der Waals surface area (Å²) < 4.78 is 5.52. The average Bonchev–Trinajstić information content (AvgIpc) is 2.35. The van der Waals surface area contributed by atoms with Crippen LogP contribution in [0.2, 0.25) is 5.02 Å². The molecule has 0 saturated heterocycles. The van der Waals surface area contributed by atoms with Crippen molar-refractivity contribution >= 4 is 17.5 Å². The molecule has 0 radical (unpaired) electrons. The first-order valence-corrected chi connectivity index (χ1v) is 5.37. The van der Waals surface area contributed by atoms with Crippen LogP contribution in [0.15, 0.2) is 24.5 Å². The average molecular weight is 251 g/mol. The van der Waals surface area contributed by atoms with Crippen molar-refractivity contribution in [2.75, 3.05) is 12.4 Å². The molecule has 5 nitrogen and oxygen atoms in total. The lowest BCUT2D eigenvalue weighted by atomic mass is 10.4. The van der Waals surface area contributed by atoms with Gasteiger partial charge in [0.1, 0.15) is 10.8 Å². The summed E-state index contributed by atoms with van der Waals surface area (Å²) in [5.41, 5.74) is 0.919. The minimum absolute atomic E-state index is 0.302. The molecule has 0 spiro atoms. The Balaban J connectivity index is 2.25. The maximum absolute atomic E-state index is 5.94. The van der Waals surface area contributed by atoms with Crippen LogP contribution in [0, 0.1) is 6.92 Å². The van der Waals surface area contributed by atoms with Crippen LogP contribution in [0.5, 0.6) is 11.6 Å². The van der Waals surface area contributed by atoms with E-state index in [9.17, 15) is 0 Å². The molecule has 2 aromatic rings. The number of pyridine rings is 1. The highest BCUT2D eigenvalue weighted by Crippen LogP contribution is 2.26. The molecule has 0 unspecified atom stereocenters. The van der Waals surface area contributed by atoms with Crippen molar-refractivity contribution < 1.29 is 4.74 Å². The highest BCUT2D eigenvalue weighted by molar-refractivity contribution is 6.31. The first-order chi connectivity index (χ1) is 8.19. The lowest BCUT2D eigenvalue weighted by Gasteiger charge is -2.07. The van der Waals surface area contributed by atoms with Crippen molar-refractivity contribution in [1.29, 1.82) is 0 Å². The number of hydrogen-bond acceptors (Lipinski definition) is 5. The normalized spacial score (nSPS) is 10.1. The Morgan fingerprint density at radius 2 is 2.06 bits per heavy atom. The molecule has 0 amide bonds. The molecule has 1 N–H and O–H groups in total. The quantitative estimate of drug-likeness (QED) is 0.908. The number of rotatable bonds is 3. The van der Waals surface area contributed by atoms with E-state index in [0.29, 0.717) is 22.6 Å². The van der Waals surface area contributed by atoms with E-state index in [1.807, 2.05) is 13.0 Å². The number of halogens is 1. The lowest BCUT2D eigenvalue weighted by molar-refractivity contribution is 0.460. The van der Waals surface area contributed by atoms with Crippen molar-refractivity contribution in [3.8, 4) is 11.6 Å². The van der Waals surface area contributed by atoms with Gasteiger partial charge in [-0.3, -0.25) is 4.98 Å². The third-order valence-corrected chi connectivity index (χ3v) is 2.29. The minimum atomic E-state index is 0.302. The van der Waals surface area contributed by atoms with Gasteiger partial charge >= 0.3 is 0 Å². The maximum atomic E-state index is 5.94. The molecule has 2 rings (SSSR count). The largest absolute Gasteiger partial charge is 0.436 e. The molecule has 0 aliphatic rings. The Kier molecular flexibility index (Phi) is 3.39. The molecular weight excluding hydrogens is 240 g/mol. The monoisotopic (exact) mass is 250 g/mol. The predicted octanol–water partition coefficient (Wildman–Crippen LogP) is 2.67. The van der Waals surface area contributed by atoms with Crippen LogP contribution < -0.4 is 10.1 Å². The van der Waals surface area contributed by atoms with Crippen LogP contribution in [0.3, 0.4) is 0 Å². The number of anilines is 1. The van der Waals surface area contributed by atoms with Crippen molar-refractivity contribution in [3.05, 3.63) is 35.2 Å². The minimum Gasteiger partial charge on any atom is -0.436 e. The van der Waals surface area contributed by atoms with E-state index in [2.05, 4.69) is 20.3 Å². The van der Waals surface area contributed by atoms with E-state index in [4.69, 9.17) is 16.3 Å². The first kappa shape index (κ1) is 11.6. The molecule has 2 heterocycles. The Morgan fingerprint density at radius 1 is 1.24 bits per heavy atom. The maximum Gasteiger partial charge on any atom is 0.243 e. The van der Waals surface area contributed by atoms with Gasteiger partial charge in [0.2, 0.25) is 11.8 Å². The molecule has 17 heavy (non-hydrogen) atoms. The summed E-state index contributed by atoms with van der Waals surface area (Å²) in [5, 5.41) is 3.16. The summed E-state index contributed by atoms with van der Waals surface area (Å²) in [7, 11) is 1.72. The third kappa shape index (κ3) is 2.82. The van der Waals surface area contributed by atoms with Crippen LogP contribution in [-0.2, 0) is 0 Å². The molecule has 0 bridgehead atoms. The van der Waals surface area contributed by atoms with Crippen LogP contribution in [0.4, 0.5) is 5.95 Å². The summed E-state index contributed by atoms with van der Waals surface area (Å²) in [6, 6.07) is 3.66. The summed E-state index contributed by atoms with van der Waals surface area (Å²) >= 11 is 5.94. The Labute approximate surface area is 104 Å². The molecule has 0 aliphatic carbocycles. The van der Waals surface area contributed by atoms with Crippen LogP contribution >= 0.6 is 11.6 Å². The van der Waals surface area contributed by atoms with Gasteiger partial charge in [-0.15, -0.1) is 0 Å². The molecule has 6 heteroatoms. The summed E-state index contributed by atoms with van der Waals surface area (Å²) in [5.74, 6) is 1.33. The van der Waals surface area contributed by atoms with Gasteiger partial charge in [-0.1, -0.05) is 11.6 Å². The fourth-order valence-electron chi connectivity index (χ4n) is 1.17. The molecule has 0 aliphatic heterocycles. The standard InChI is InChI=1S/C11H11ClN4O/c1-7-3-4-8(5-14-7)17-10-9(12)6-15-11(13-2)16-10/h3-6H,1-2H3,(H,13,15,16). The molecule has 88 valence electrons. The van der Waals surface area contributed by atoms with Crippen molar-refractivity contribution in [1.82, 2.24) is 15.0 Å². The van der Waals surface area contributed by atoms with Gasteiger partial charge in [-0.2, -0.15) is 4.98 Å². The van der Waals surface area contributed by atoms with Crippen LogP contribution in [0.1, 0.15) is 5.69 Å². The molecule has 2 aromatic heterocycles. The smallest absolute Gasteiger partial charge is 0.243 e. The predicted molar refractivity (Wildman–Crippen MR) is 65.6 cm³/mol. The zero-order chi connectivity index (χ0) is 12.3.